The van der Waals surface area contributed by atoms with E-state index in [1.54, 1.807) is 18.2 Å². The minimum absolute atomic E-state index is 0.135. The van der Waals surface area contributed by atoms with Gasteiger partial charge in [-0.15, -0.1) is 0 Å². The van der Waals surface area contributed by atoms with Crippen molar-refractivity contribution in [3.63, 3.8) is 0 Å². The molecule has 25 heavy (non-hydrogen) atoms. The van der Waals surface area contributed by atoms with Crippen molar-refractivity contribution in [2.75, 3.05) is 13.4 Å². The molecule has 2 atom stereocenters. The van der Waals surface area contributed by atoms with Crippen molar-refractivity contribution in [3.8, 4) is 11.5 Å². The zero-order valence-electron chi connectivity index (χ0n) is 14.6. The zero-order chi connectivity index (χ0) is 17.8. The number of nitrogens with zero attached hydrogens (tertiary/aromatic N) is 1. The summed E-state index contributed by atoms with van der Waals surface area (Å²) in [7, 11) is 0. The first-order valence-corrected chi connectivity index (χ1v) is 8.60. The monoisotopic (exact) mass is 345 g/mol. The van der Waals surface area contributed by atoms with Gasteiger partial charge in [0.15, 0.2) is 18.1 Å². The van der Waals surface area contributed by atoms with E-state index in [-0.39, 0.29) is 31.4 Å². The van der Waals surface area contributed by atoms with Gasteiger partial charge in [0.1, 0.15) is 0 Å². The van der Waals surface area contributed by atoms with Crippen LogP contribution in [0.15, 0.2) is 24.3 Å². The normalized spacial score (nSPS) is 22.2. The zero-order valence-corrected chi connectivity index (χ0v) is 14.6. The summed E-state index contributed by atoms with van der Waals surface area (Å²) in [4.78, 5) is 26.0. The highest BCUT2D eigenvalue weighted by molar-refractivity contribution is 5.89. The molecule has 1 amide bonds. The minimum Gasteiger partial charge on any atom is -0.454 e. The minimum atomic E-state index is -0.539. The number of amides is 1. The first kappa shape index (κ1) is 17.3. The fourth-order valence-corrected chi connectivity index (χ4v) is 3.35. The van der Waals surface area contributed by atoms with Crippen LogP contribution in [0.2, 0.25) is 0 Å². The van der Waals surface area contributed by atoms with Crippen molar-refractivity contribution >= 4 is 18.0 Å². The van der Waals surface area contributed by atoms with Crippen molar-refractivity contribution in [1.29, 1.82) is 0 Å². The number of benzene rings is 1. The van der Waals surface area contributed by atoms with Crippen LogP contribution >= 0.6 is 0 Å². The van der Waals surface area contributed by atoms with Crippen LogP contribution in [0.25, 0.3) is 6.08 Å². The second-order valence-electron chi connectivity index (χ2n) is 6.48. The number of fused-ring (bicyclic) bond motifs is 1. The Hall–Kier alpha value is -2.50. The Morgan fingerprint density at radius 3 is 2.68 bits per heavy atom. The van der Waals surface area contributed by atoms with Gasteiger partial charge in [0, 0.05) is 18.2 Å². The quantitative estimate of drug-likeness (QED) is 0.620. The second kappa shape index (κ2) is 7.59. The van der Waals surface area contributed by atoms with Gasteiger partial charge in [-0.1, -0.05) is 6.07 Å². The van der Waals surface area contributed by atoms with Crippen LogP contribution in [0.3, 0.4) is 0 Å². The van der Waals surface area contributed by atoms with Crippen LogP contribution in [0, 0.1) is 0 Å². The Bertz CT molecular complexity index is 674. The highest BCUT2D eigenvalue weighted by Gasteiger charge is 2.29. The van der Waals surface area contributed by atoms with E-state index >= 15 is 0 Å². The third-order valence-corrected chi connectivity index (χ3v) is 4.63. The highest BCUT2D eigenvalue weighted by atomic mass is 16.7. The van der Waals surface area contributed by atoms with Gasteiger partial charge in [-0.3, -0.25) is 4.79 Å². The molecular formula is C19H23NO5. The molecule has 0 N–H and O–H groups in total. The van der Waals surface area contributed by atoms with Gasteiger partial charge in [0.25, 0.3) is 5.91 Å². The molecule has 0 radical (unpaired) electrons. The lowest BCUT2D eigenvalue weighted by molar-refractivity contribution is -0.151. The number of carbonyl (C=O) groups is 2. The van der Waals surface area contributed by atoms with Crippen LogP contribution in [-0.2, 0) is 14.3 Å². The van der Waals surface area contributed by atoms with E-state index in [1.165, 1.54) is 6.08 Å². The van der Waals surface area contributed by atoms with Gasteiger partial charge in [-0.05, 0) is 56.9 Å². The van der Waals surface area contributed by atoms with E-state index in [1.807, 2.05) is 24.8 Å². The highest BCUT2D eigenvalue weighted by Crippen LogP contribution is 2.32. The summed E-state index contributed by atoms with van der Waals surface area (Å²) in [5, 5.41) is 0. The maximum absolute atomic E-state index is 12.3. The molecule has 1 aromatic carbocycles. The van der Waals surface area contributed by atoms with E-state index in [4.69, 9.17) is 14.2 Å². The van der Waals surface area contributed by atoms with Crippen molar-refractivity contribution in [1.82, 2.24) is 4.90 Å². The maximum atomic E-state index is 12.3. The van der Waals surface area contributed by atoms with Crippen molar-refractivity contribution < 1.29 is 23.8 Å². The summed E-state index contributed by atoms with van der Waals surface area (Å²) >= 11 is 0. The number of likely N-dealkylation sites (tertiary alicyclic amines) is 1. The van der Waals surface area contributed by atoms with Crippen LogP contribution in [0.4, 0.5) is 0 Å². The van der Waals surface area contributed by atoms with Crippen LogP contribution in [0.5, 0.6) is 11.5 Å². The second-order valence-corrected chi connectivity index (χ2v) is 6.48. The number of carbonyl (C=O) groups excluding carboxylic acids is 2. The average molecular weight is 345 g/mol. The van der Waals surface area contributed by atoms with Gasteiger partial charge in [-0.25, -0.2) is 4.79 Å². The molecule has 1 fully saturated rings. The standard InChI is InChI=1S/C19H23NO5/c1-13-4-3-5-14(2)20(13)18(21)11-23-19(22)9-7-15-6-8-16-17(10-15)25-12-24-16/h6-10,13-14H,3-5,11-12H2,1-2H3/b9-7+/t13-,14-/m0/s1. The molecular weight excluding hydrogens is 322 g/mol. The van der Waals surface area contributed by atoms with Gasteiger partial charge >= 0.3 is 5.97 Å². The SMILES string of the molecule is C[C@H]1CCC[C@H](C)N1C(=O)COC(=O)/C=C/c1ccc2c(c1)OCO2. The van der Waals surface area contributed by atoms with E-state index in [2.05, 4.69) is 0 Å². The number of esters is 1. The molecule has 0 aromatic heterocycles. The fourth-order valence-electron chi connectivity index (χ4n) is 3.35. The summed E-state index contributed by atoms with van der Waals surface area (Å²) < 4.78 is 15.6. The number of hydrogen-bond donors (Lipinski definition) is 0. The van der Waals surface area contributed by atoms with E-state index in [0.717, 1.165) is 24.8 Å². The van der Waals surface area contributed by atoms with Gasteiger partial charge < -0.3 is 19.1 Å². The van der Waals surface area contributed by atoms with Gasteiger partial charge in [0.05, 0.1) is 0 Å². The third-order valence-electron chi connectivity index (χ3n) is 4.63. The maximum Gasteiger partial charge on any atom is 0.331 e. The Balaban J connectivity index is 1.51. The van der Waals surface area contributed by atoms with Crippen molar-refractivity contribution in [2.45, 2.75) is 45.2 Å². The van der Waals surface area contributed by atoms with E-state index < -0.39 is 5.97 Å². The first-order chi connectivity index (χ1) is 12.0. The molecule has 0 bridgehead atoms. The summed E-state index contributed by atoms with van der Waals surface area (Å²) in [6.45, 7) is 4.06. The summed E-state index contributed by atoms with van der Waals surface area (Å²) in [5.74, 6) is 0.668. The largest absolute Gasteiger partial charge is 0.454 e. The topological polar surface area (TPSA) is 65.1 Å². The molecule has 0 aliphatic carbocycles. The molecule has 6 heteroatoms. The summed E-state index contributed by atoms with van der Waals surface area (Å²) in [6, 6.07) is 5.78. The third kappa shape index (κ3) is 4.13. The Morgan fingerprint density at radius 1 is 1.20 bits per heavy atom. The average Bonchev–Trinajstić information content (AvgIpc) is 3.05. The Labute approximate surface area is 147 Å². The molecule has 6 nitrogen and oxygen atoms in total. The number of rotatable bonds is 4. The predicted octanol–water partition coefficient (Wildman–Crippen LogP) is 2.76. The smallest absolute Gasteiger partial charge is 0.331 e. The molecule has 0 saturated carbocycles. The van der Waals surface area contributed by atoms with Crippen molar-refractivity contribution in [2.24, 2.45) is 0 Å². The van der Waals surface area contributed by atoms with Gasteiger partial charge in [-0.2, -0.15) is 0 Å². The van der Waals surface area contributed by atoms with Crippen LogP contribution in [0.1, 0.15) is 38.7 Å². The number of ether oxygens (including phenoxy) is 3. The Kier molecular flexibility index (Phi) is 5.26. The molecule has 1 saturated heterocycles. The molecule has 3 rings (SSSR count). The molecule has 1 aromatic rings. The molecule has 0 spiro atoms. The van der Waals surface area contributed by atoms with Crippen LogP contribution in [-0.4, -0.2) is 42.3 Å². The number of piperidine rings is 1. The fraction of sp³-hybridized carbons (Fsp3) is 0.474. The first-order valence-electron chi connectivity index (χ1n) is 8.60. The Morgan fingerprint density at radius 2 is 1.92 bits per heavy atom. The van der Waals surface area contributed by atoms with E-state index in [0.29, 0.717) is 11.5 Å². The number of hydrogen-bond acceptors (Lipinski definition) is 5. The van der Waals surface area contributed by atoms with Crippen LogP contribution < -0.4 is 9.47 Å². The molecule has 2 heterocycles. The lowest BCUT2D eigenvalue weighted by Crippen LogP contribution is -2.49. The molecule has 0 unspecified atom stereocenters. The molecule has 2 aliphatic rings. The lowest BCUT2D eigenvalue weighted by Gasteiger charge is -2.38. The molecule has 134 valence electrons. The van der Waals surface area contributed by atoms with Crippen molar-refractivity contribution in [3.05, 3.63) is 29.8 Å². The van der Waals surface area contributed by atoms with Gasteiger partial charge in [0.2, 0.25) is 6.79 Å². The summed E-state index contributed by atoms with van der Waals surface area (Å²) in [6.07, 6.45) is 6.06. The lowest BCUT2D eigenvalue weighted by atomic mass is 9.97. The predicted molar refractivity (Wildman–Crippen MR) is 92.2 cm³/mol. The summed E-state index contributed by atoms with van der Waals surface area (Å²) in [5.41, 5.74) is 0.797. The van der Waals surface area contributed by atoms with E-state index in [9.17, 15) is 9.59 Å². The molecule has 2 aliphatic heterocycles.